The highest BCUT2D eigenvalue weighted by atomic mass is 16.5. The lowest BCUT2D eigenvalue weighted by Crippen LogP contribution is -2.62. The van der Waals surface area contributed by atoms with E-state index in [4.69, 9.17) is 14.5 Å². The fourth-order valence-electron chi connectivity index (χ4n) is 10.4. The molecule has 4 amide bonds. The second-order valence-electron chi connectivity index (χ2n) is 20.6. The van der Waals surface area contributed by atoms with Gasteiger partial charge >= 0.3 is 5.97 Å². The predicted molar refractivity (Wildman–Crippen MR) is 268 cm³/mol. The second-order valence-corrected chi connectivity index (χ2v) is 20.6. The average molecular weight is 959 g/mol. The third kappa shape index (κ3) is 11.3. The number of methoxy groups -OCH3 is 1. The maximum absolute atomic E-state index is 14.8. The molecule has 6 bridgehead atoms. The number of nitrogens with zero attached hydrogens (tertiary/aromatic N) is 6. The number of aryl methyl sites for hydroxylation is 1. The number of carbonyl (C=O) groups excluding carboxylic acids is 5. The van der Waals surface area contributed by atoms with E-state index in [0.717, 1.165) is 39.0 Å². The fraction of sp³-hybridized carbons (Fsp3) is 0.519. The van der Waals surface area contributed by atoms with Gasteiger partial charge in [0.1, 0.15) is 23.9 Å². The molecule has 7 rings (SSSR count). The van der Waals surface area contributed by atoms with Crippen LogP contribution in [0.4, 0.5) is 0 Å². The van der Waals surface area contributed by atoms with Crippen molar-refractivity contribution in [2.75, 3.05) is 54.5 Å². The number of aromatic hydroxyl groups is 1. The number of cyclic esters (lactones) is 1. The quantitative estimate of drug-likeness (QED) is 0.141. The molecule has 4 aromatic rings. The molecule has 0 spiro atoms. The predicted octanol–water partition coefficient (Wildman–Crippen LogP) is 5.18. The number of ether oxygens (including phenoxy) is 2. The molecule has 5 atom stereocenters. The Morgan fingerprint density at radius 3 is 2.57 bits per heavy atom. The molecule has 2 aromatic heterocycles. The Morgan fingerprint density at radius 2 is 1.86 bits per heavy atom. The van der Waals surface area contributed by atoms with Crippen LogP contribution in [0.15, 0.2) is 54.7 Å². The minimum atomic E-state index is -1.18. The number of likely N-dealkylation sites (N-methyl/N-ethyl adjacent to an activating group) is 1. The van der Waals surface area contributed by atoms with Gasteiger partial charge in [0.05, 0.1) is 37.1 Å². The second kappa shape index (κ2) is 21.8. The van der Waals surface area contributed by atoms with Gasteiger partial charge in [-0.3, -0.25) is 38.9 Å². The van der Waals surface area contributed by atoms with Crippen LogP contribution in [0.3, 0.4) is 0 Å². The maximum atomic E-state index is 14.8. The average Bonchev–Trinajstić information content (AvgIpc) is 3.86. The molecule has 16 nitrogen and oxygen atoms in total. The molecule has 2 aromatic carbocycles. The zero-order valence-corrected chi connectivity index (χ0v) is 42.4. The van der Waals surface area contributed by atoms with Crippen molar-refractivity contribution in [3.63, 3.8) is 0 Å². The summed E-state index contributed by atoms with van der Waals surface area (Å²) in [5.74, 6) is 2.50. The number of likely N-dealkylation sites (tertiary alicyclic amines) is 1. The minimum absolute atomic E-state index is 0.0152. The molecule has 374 valence electrons. The number of amides is 4. The minimum Gasteiger partial charge on any atom is -0.508 e. The van der Waals surface area contributed by atoms with Gasteiger partial charge in [-0.2, -0.15) is 0 Å². The van der Waals surface area contributed by atoms with Crippen molar-refractivity contribution in [1.29, 1.82) is 0 Å². The topological polar surface area (TPSA) is 179 Å². The molecule has 2 fully saturated rings. The molecule has 70 heavy (non-hydrogen) atoms. The van der Waals surface area contributed by atoms with Crippen LogP contribution < -0.4 is 10.7 Å². The Balaban J connectivity index is 1.26. The van der Waals surface area contributed by atoms with Gasteiger partial charge in [-0.05, 0) is 124 Å². The van der Waals surface area contributed by atoms with Gasteiger partial charge in [0.2, 0.25) is 11.8 Å². The first-order valence-corrected chi connectivity index (χ1v) is 24.5. The number of phenols is 1. The zero-order valence-electron chi connectivity index (χ0n) is 42.4. The number of benzene rings is 2. The Bertz CT molecular complexity index is 2680. The number of phenolic OH excluding ortho intramolecular Hbond substituents is 1. The summed E-state index contributed by atoms with van der Waals surface area (Å²) in [4.78, 5) is 80.4. The Morgan fingerprint density at radius 1 is 1.09 bits per heavy atom. The van der Waals surface area contributed by atoms with Crippen LogP contribution in [-0.2, 0) is 59.4 Å². The third-order valence-corrected chi connectivity index (χ3v) is 13.7. The Labute approximate surface area is 412 Å². The number of hydrogen-bond acceptors (Lipinski definition) is 11. The van der Waals surface area contributed by atoms with Crippen LogP contribution in [0, 0.1) is 29.1 Å². The van der Waals surface area contributed by atoms with E-state index in [2.05, 4.69) is 66.1 Å². The van der Waals surface area contributed by atoms with Crippen LogP contribution in [0.25, 0.3) is 33.3 Å². The van der Waals surface area contributed by atoms with Crippen molar-refractivity contribution in [2.45, 2.75) is 111 Å². The van der Waals surface area contributed by atoms with Gasteiger partial charge < -0.3 is 34.3 Å². The van der Waals surface area contributed by atoms with Crippen molar-refractivity contribution in [1.82, 2.24) is 40.0 Å². The van der Waals surface area contributed by atoms with Crippen molar-refractivity contribution in [2.24, 2.45) is 17.3 Å². The molecule has 16 heteroatoms. The summed E-state index contributed by atoms with van der Waals surface area (Å²) in [5, 5.41) is 16.8. The van der Waals surface area contributed by atoms with Crippen LogP contribution in [0.2, 0.25) is 0 Å². The Hall–Kier alpha value is -6.28. The van der Waals surface area contributed by atoms with Gasteiger partial charge in [-0.25, -0.2) is 5.43 Å². The first-order valence-electron chi connectivity index (χ1n) is 24.5. The van der Waals surface area contributed by atoms with E-state index < -0.39 is 47.2 Å². The van der Waals surface area contributed by atoms with E-state index in [1.165, 1.54) is 9.91 Å². The van der Waals surface area contributed by atoms with E-state index in [1.54, 1.807) is 37.4 Å². The molecular formula is C54H70N8O8. The van der Waals surface area contributed by atoms with E-state index in [-0.39, 0.29) is 55.6 Å². The number of pyridine rings is 1. The SMILES string of the molecule is CCn1c(-c2cccnc2COC)c2c3cc(ccc31)-c1cc(O)cc(c1)C[C@H](NC(=O)[C@H](C(C)C)N(C)C(=O)[C@H]1C[C@@H](C)N(C(=O)C#CCN(C)C)C1)C(=O)N1CCC[C@H](N1)C(=O)OCC(C)(C)C2. The number of rotatable bonds is 10. The van der Waals surface area contributed by atoms with Crippen molar-refractivity contribution < 1.29 is 38.6 Å². The summed E-state index contributed by atoms with van der Waals surface area (Å²) in [5.41, 5.74) is 9.52. The lowest BCUT2D eigenvalue weighted by molar-refractivity contribution is -0.155. The monoisotopic (exact) mass is 959 g/mol. The summed E-state index contributed by atoms with van der Waals surface area (Å²) in [6, 6.07) is 12.2. The third-order valence-electron chi connectivity index (χ3n) is 13.7. The number of esters is 1. The molecule has 0 radical (unpaired) electrons. The lowest BCUT2D eigenvalue weighted by Gasteiger charge is -2.37. The molecule has 5 heterocycles. The highest BCUT2D eigenvalue weighted by Crippen LogP contribution is 2.41. The van der Waals surface area contributed by atoms with Gasteiger partial charge in [0, 0.05) is 74.3 Å². The van der Waals surface area contributed by atoms with E-state index in [0.29, 0.717) is 56.5 Å². The fourth-order valence-corrected chi connectivity index (χ4v) is 10.4. The van der Waals surface area contributed by atoms with Crippen molar-refractivity contribution >= 4 is 40.5 Å². The number of hydrogen-bond donors (Lipinski definition) is 3. The number of hydrazine groups is 1. The number of aromatic nitrogens is 2. The van der Waals surface area contributed by atoms with Crippen LogP contribution in [0.1, 0.15) is 77.6 Å². The molecule has 3 aliphatic heterocycles. The highest BCUT2D eigenvalue weighted by Gasteiger charge is 2.42. The molecule has 0 aliphatic carbocycles. The normalized spacial score (nSPS) is 21.0. The van der Waals surface area contributed by atoms with E-state index >= 15 is 0 Å². The van der Waals surface area contributed by atoms with Gasteiger partial charge in [0.15, 0.2) is 0 Å². The number of nitrogens with one attached hydrogen (secondary N) is 2. The lowest BCUT2D eigenvalue weighted by atomic mass is 9.84. The zero-order chi connectivity index (χ0) is 50.6. The number of fused-ring (bicyclic) bond motifs is 6. The molecule has 3 aliphatic rings. The summed E-state index contributed by atoms with van der Waals surface area (Å²) < 4.78 is 14.0. The Kier molecular flexibility index (Phi) is 16.0. The molecular weight excluding hydrogens is 889 g/mol. The van der Waals surface area contributed by atoms with Crippen LogP contribution in [-0.4, -0.2) is 143 Å². The summed E-state index contributed by atoms with van der Waals surface area (Å²) >= 11 is 0. The van der Waals surface area contributed by atoms with Gasteiger partial charge in [-0.15, -0.1) is 0 Å². The first kappa shape index (κ1) is 51.6. The summed E-state index contributed by atoms with van der Waals surface area (Å²) in [7, 11) is 6.97. The van der Waals surface area contributed by atoms with Crippen LogP contribution in [0.5, 0.6) is 5.75 Å². The highest BCUT2D eigenvalue weighted by molar-refractivity contribution is 5.97. The molecule has 2 saturated heterocycles. The largest absolute Gasteiger partial charge is 0.508 e. The smallest absolute Gasteiger partial charge is 0.324 e. The van der Waals surface area contributed by atoms with E-state index in [9.17, 15) is 29.1 Å². The standard InChI is InChI=1S/C54H70N8O8/c1-11-60-46-19-18-36-28-41(46)42(49(60)40-15-12-20-55-45(40)31-69-10)29-54(5,6)32-70-53(68)43-16-13-22-62(57-43)52(67)44(26-35-24-37(36)27-39(63)25-35)56-50(65)48(33(2)3)59(9)51(66)38-23-34(4)61(30-38)47(64)17-14-21-58(7)8/h12,15,18-20,24-25,27-28,33-34,38,43-44,48,57,63H,11,13,16,21-23,26,29-32H2,1-10H3,(H,56,65)/t34-,38+,43+,44+,48+/m1/s1. The van der Waals surface area contributed by atoms with Gasteiger partial charge in [-0.1, -0.05) is 45.7 Å². The summed E-state index contributed by atoms with van der Waals surface area (Å²) in [6.45, 7) is 13.8. The van der Waals surface area contributed by atoms with Crippen LogP contribution >= 0.6 is 0 Å². The van der Waals surface area contributed by atoms with Gasteiger partial charge in [0.25, 0.3) is 11.8 Å². The molecule has 0 unspecified atom stereocenters. The van der Waals surface area contributed by atoms with Crippen molar-refractivity contribution in [3.8, 4) is 40.0 Å². The first-order chi connectivity index (χ1) is 33.3. The number of carbonyl (C=O) groups is 5. The maximum Gasteiger partial charge on any atom is 0.324 e. The van der Waals surface area contributed by atoms with Crippen molar-refractivity contribution in [3.05, 3.63) is 71.5 Å². The summed E-state index contributed by atoms with van der Waals surface area (Å²) in [6.07, 6.45) is 3.64. The molecule has 0 saturated carbocycles. The molecule has 3 N–H and O–H groups in total. The van der Waals surface area contributed by atoms with E-state index in [1.807, 2.05) is 58.0 Å².